The summed E-state index contributed by atoms with van der Waals surface area (Å²) in [5.41, 5.74) is 2.47. The van der Waals surface area contributed by atoms with Gasteiger partial charge in [-0.25, -0.2) is 4.98 Å². The molecule has 3 heterocycles. The standard InChI is InChI=1S/C18H22N4O3/c1-21-7-8-22-14(12-21)16(18(23)19-11-15-24-9-10-25-15)20-17(22)13-5-3-2-4-6-13/h2-6,15H,7-12H2,1H3,(H,19,23). The number of carbonyl (C=O) groups is 1. The van der Waals surface area contributed by atoms with Gasteiger partial charge in [-0.2, -0.15) is 0 Å². The highest BCUT2D eigenvalue weighted by atomic mass is 16.7. The van der Waals surface area contributed by atoms with Gasteiger partial charge in [0.05, 0.1) is 25.5 Å². The molecule has 4 rings (SSSR count). The third-order valence-corrected chi connectivity index (χ3v) is 4.56. The van der Waals surface area contributed by atoms with Crippen LogP contribution in [-0.2, 0) is 22.6 Å². The Morgan fingerprint density at radius 3 is 2.76 bits per heavy atom. The number of hydrogen-bond acceptors (Lipinski definition) is 5. The van der Waals surface area contributed by atoms with E-state index >= 15 is 0 Å². The van der Waals surface area contributed by atoms with Crippen LogP contribution in [0.5, 0.6) is 0 Å². The van der Waals surface area contributed by atoms with E-state index in [1.807, 2.05) is 30.3 Å². The summed E-state index contributed by atoms with van der Waals surface area (Å²) in [4.78, 5) is 19.6. The van der Waals surface area contributed by atoms with Crippen molar-refractivity contribution in [3.63, 3.8) is 0 Å². The highest BCUT2D eigenvalue weighted by molar-refractivity contribution is 5.94. The number of nitrogens with zero attached hydrogens (tertiary/aromatic N) is 3. The molecular weight excluding hydrogens is 320 g/mol. The van der Waals surface area contributed by atoms with Gasteiger partial charge in [0.25, 0.3) is 5.91 Å². The molecule has 0 unspecified atom stereocenters. The number of ether oxygens (including phenoxy) is 2. The minimum absolute atomic E-state index is 0.180. The number of carbonyl (C=O) groups excluding carboxylic acids is 1. The van der Waals surface area contributed by atoms with Crippen LogP contribution >= 0.6 is 0 Å². The fraction of sp³-hybridized carbons (Fsp3) is 0.444. The topological polar surface area (TPSA) is 68.6 Å². The van der Waals surface area contributed by atoms with Crippen molar-refractivity contribution >= 4 is 5.91 Å². The summed E-state index contributed by atoms with van der Waals surface area (Å²) in [5, 5.41) is 2.89. The summed E-state index contributed by atoms with van der Waals surface area (Å²) >= 11 is 0. The van der Waals surface area contributed by atoms with Crippen molar-refractivity contribution < 1.29 is 14.3 Å². The molecular formula is C18H22N4O3. The van der Waals surface area contributed by atoms with Gasteiger partial charge in [-0.15, -0.1) is 0 Å². The Kier molecular flexibility index (Phi) is 4.52. The fourth-order valence-corrected chi connectivity index (χ4v) is 3.27. The van der Waals surface area contributed by atoms with Crippen LogP contribution in [0.15, 0.2) is 30.3 Å². The summed E-state index contributed by atoms with van der Waals surface area (Å²) < 4.78 is 12.9. The average Bonchev–Trinajstić information content (AvgIpc) is 3.28. The maximum Gasteiger partial charge on any atom is 0.272 e. The van der Waals surface area contributed by atoms with Gasteiger partial charge in [0, 0.05) is 25.2 Å². The van der Waals surface area contributed by atoms with E-state index in [1.165, 1.54) is 0 Å². The second-order valence-electron chi connectivity index (χ2n) is 6.37. The van der Waals surface area contributed by atoms with E-state index in [0.717, 1.165) is 30.2 Å². The Bertz CT molecular complexity index is 753. The van der Waals surface area contributed by atoms with Crippen LogP contribution in [0.3, 0.4) is 0 Å². The molecule has 0 bridgehead atoms. The molecule has 132 valence electrons. The maximum absolute atomic E-state index is 12.7. The molecule has 1 saturated heterocycles. The zero-order valence-electron chi connectivity index (χ0n) is 14.3. The van der Waals surface area contributed by atoms with Gasteiger partial charge in [0.1, 0.15) is 5.82 Å². The number of fused-ring (bicyclic) bond motifs is 1. The average molecular weight is 342 g/mol. The number of rotatable bonds is 4. The van der Waals surface area contributed by atoms with Crippen molar-refractivity contribution in [1.82, 2.24) is 19.8 Å². The first kappa shape index (κ1) is 16.3. The van der Waals surface area contributed by atoms with Crippen LogP contribution in [0.1, 0.15) is 16.2 Å². The third kappa shape index (κ3) is 3.30. The highest BCUT2D eigenvalue weighted by Crippen LogP contribution is 2.26. The Balaban J connectivity index is 1.62. The third-order valence-electron chi connectivity index (χ3n) is 4.56. The molecule has 1 aromatic heterocycles. The number of aromatic nitrogens is 2. The molecule has 1 fully saturated rings. The van der Waals surface area contributed by atoms with Crippen LogP contribution in [-0.4, -0.2) is 60.0 Å². The summed E-state index contributed by atoms with van der Waals surface area (Å²) in [6.45, 7) is 3.95. The van der Waals surface area contributed by atoms with E-state index in [1.54, 1.807) is 0 Å². The lowest BCUT2D eigenvalue weighted by Gasteiger charge is -2.25. The zero-order chi connectivity index (χ0) is 17.2. The van der Waals surface area contributed by atoms with Gasteiger partial charge in [-0.05, 0) is 7.05 Å². The second-order valence-corrected chi connectivity index (χ2v) is 6.37. The lowest BCUT2D eigenvalue weighted by Crippen LogP contribution is -2.35. The number of amides is 1. The quantitative estimate of drug-likeness (QED) is 0.901. The molecule has 1 N–H and O–H groups in total. The minimum Gasteiger partial charge on any atom is -0.348 e. The Hall–Kier alpha value is -2.22. The Labute approximate surface area is 146 Å². The van der Waals surface area contributed by atoms with Crippen molar-refractivity contribution in [3.8, 4) is 11.4 Å². The number of hydrogen-bond donors (Lipinski definition) is 1. The van der Waals surface area contributed by atoms with Crippen LogP contribution in [0.2, 0.25) is 0 Å². The minimum atomic E-state index is -0.362. The van der Waals surface area contributed by atoms with Gasteiger partial charge >= 0.3 is 0 Å². The molecule has 7 heteroatoms. The Morgan fingerprint density at radius 2 is 2.00 bits per heavy atom. The molecule has 2 aliphatic heterocycles. The molecule has 1 aromatic carbocycles. The second kappa shape index (κ2) is 6.95. The summed E-state index contributed by atoms with van der Waals surface area (Å²) in [6.07, 6.45) is -0.362. The SMILES string of the molecule is CN1CCn2c(-c3ccccc3)nc(C(=O)NCC3OCCO3)c2C1. The van der Waals surface area contributed by atoms with Crippen molar-refractivity contribution in [1.29, 1.82) is 0 Å². The van der Waals surface area contributed by atoms with Gasteiger partial charge in [-0.1, -0.05) is 30.3 Å². The van der Waals surface area contributed by atoms with E-state index < -0.39 is 0 Å². The normalized spacial score (nSPS) is 18.3. The highest BCUT2D eigenvalue weighted by Gasteiger charge is 2.27. The maximum atomic E-state index is 12.7. The number of imidazole rings is 1. The molecule has 0 aliphatic carbocycles. The molecule has 2 aliphatic rings. The van der Waals surface area contributed by atoms with Crippen LogP contribution in [0.4, 0.5) is 0 Å². The van der Waals surface area contributed by atoms with Gasteiger partial charge in [0.15, 0.2) is 12.0 Å². The summed E-state index contributed by atoms with van der Waals surface area (Å²) in [7, 11) is 2.06. The molecule has 0 spiro atoms. The summed E-state index contributed by atoms with van der Waals surface area (Å²) in [5.74, 6) is 0.669. The fourth-order valence-electron chi connectivity index (χ4n) is 3.27. The van der Waals surface area contributed by atoms with Crippen molar-refractivity contribution in [2.45, 2.75) is 19.4 Å². The molecule has 2 aromatic rings. The Morgan fingerprint density at radius 1 is 1.24 bits per heavy atom. The molecule has 0 saturated carbocycles. The summed E-state index contributed by atoms with van der Waals surface area (Å²) in [6, 6.07) is 10.00. The first-order valence-corrected chi connectivity index (χ1v) is 8.57. The number of likely N-dealkylation sites (N-methyl/N-ethyl adjacent to an activating group) is 1. The molecule has 1 amide bonds. The van der Waals surface area contributed by atoms with Crippen LogP contribution in [0, 0.1) is 0 Å². The largest absolute Gasteiger partial charge is 0.348 e. The molecule has 0 radical (unpaired) electrons. The lowest BCUT2D eigenvalue weighted by atomic mass is 10.2. The van der Waals surface area contributed by atoms with Gasteiger partial charge < -0.3 is 19.4 Å². The smallest absolute Gasteiger partial charge is 0.272 e. The van der Waals surface area contributed by atoms with E-state index in [0.29, 0.717) is 32.0 Å². The predicted molar refractivity (Wildman–Crippen MR) is 92.0 cm³/mol. The lowest BCUT2D eigenvalue weighted by molar-refractivity contribution is -0.0379. The van der Waals surface area contributed by atoms with Crippen LogP contribution in [0.25, 0.3) is 11.4 Å². The van der Waals surface area contributed by atoms with E-state index in [2.05, 4.69) is 26.8 Å². The monoisotopic (exact) mass is 342 g/mol. The van der Waals surface area contributed by atoms with Gasteiger partial charge in [-0.3, -0.25) is 9.69 Å². The van der Waals surface area contributed by atoms with E-state index in [-0.39, 0.29) is 12.2 Å². The van der Waals surface area contributed by atoms with Crippen LogP contribution < -0.4 is 5.32 Å². The first-order valence-electron chi connectivity index (χ1n) is 8.57. The predicted octanol–water partition coefficient (Wildman–Crippen LogP) is 1.10. The molecule has 0 atom stereocenters. The van der Waals surface area contributed by atoms with Gasteiger partial charge in [0.2, 0.25) is 0 Å². The molecule has 7 nitrogen and oxygen atoms in total. The van der Waals surface area contributed by atoms with E-state index in [9.17, 15) is 4.79 Å². The van der Waals surface area contributed by atoms with Crippen molar-refractivity contribution in [2.24, 2.45) is 0 Å². The van der Waals surface area contributed by atoms with Crippen molar-refractivity contribution in [3.05, 3.63) is 41.7 Å². The van der Waals surface area contributed by atoms with E-state index in [4.69, 9.17) is 9.47 Å². The zero-order valence-corrected chi connectivity index (χ0v) is 14.3. The molecule has 25 heavy (non-hydrogen) atoms. The number of nitrogens with one attached hydrogen (secondary N) is 1. The number of benzene rings is 1. The first-order chi connectivity index (χ1) is 12.2. The van der Waals surface area contributed by atoms with Crippen molar-refractivity contribution in [2.75, 3.05) is 33.4 Å².